The van der Waals surface area contributed by atoms with Crippen molar-refractivity contribution in [1.29, 1.82) is 0 Å². The summed E-state index contributed by atoms with van der Waals surface area (Å²) >= 11 is 0. The molecular weight excluding hydrogens is 266 g/mol. The van der Waals surface area contributed by atoms with E-state index in [0.717, 1.165) is 6.42 Å². The summed E-state index contributed by atoms with van der Waals surface area (Å²) in [4.78, 5) is 0.196. The first-order valence-electron chi connectivity index (χ1n) is 6.26. The average molecular weight is 285 g/mol. The fourth-order valence-corrected chi connectivity index (χ4v) is 4.07. The highest BCUT2D eigenvalue weighted by Gasteiger charge is 2.33. The number of sulfonamides is 1. The summed E-state index contributed by atoms with van der Waals surface area (Å²) in [6.45, 7) is 1.05. The maximum Gasteiger partial charge on any atom is 0.245 e. The zero-order valence-electron chi connectivity index (χ0n) is 10.6. The number of aliphatic hydroxyl groups is 1. The Labute approximate surface area is 113 Å². The summed E-state index contributed by atoms with van der Waals surface area (Å²) in [5, 5.41) is 8.92. The Kier molecular flexibility index (Phi) is 4.41. The lowest BCUT2D eigenvalue weighted by Gasteiger charge is -2.18. The van der Waals surface area contributed by atoms with Gasteiger partial charge in [0.15, 0.2) is 0 Å². The zero-order valence-corrected chi connectivity index (χ0v) is 11.4. The lowest BCUT2D eigenvalue weighted by atomic mass is 10.1. The largest absolute Gasteiger partial charge is 0.396 e. The third-order valence-corrected chi connectivity index (χ3v) is 5.37. The first-order chi connectivity index (χ1) is 9.09. The maximum atomic E-state index is 12.5. The SMILES string of the molecule is NNc1ccccc1S(=O)(=O)N1CCC(CCO)C1. The van der Waals surface area contributed by atoms with Gasteiger partial charge in [0, 0.05) is 19.7 Å². The van der Waals surface area contributed by atoms with E-state index in [9.17, 15) is 8.42 Å². The fourth-order valence-electron chi connectivity index (χ4n) is 2.38. The van der Waals surface area contributed by atoms with Crippen molar-refractivity contribution >= 4 is 15.7 Å². The van der Waals surface area contributed by atoms with Crippen molar-refractivity contribution in [2.24, 2.45) is 11.8 Å². The van der Waals surface area contributed by atoms with Gasteiger partial charge in [-0.25, -0.2) is 8.42 Å². The fraction of sp³-hybridized carbons (Fsp3) is 0.500. The van der Waals surface area contributed by atoms with Crippen LogP contribution in [0.15, 0.2) is 29.2 Å². The molecule has 1 atom stereocenters. The van der Waals surface area contributed by atoms with Gasteiger partial charge < -0.3 is 10.5 Å². The number of nitrogens with two attached hydrogens (primary N) is 1. The number of rotatable bonds is 5. The summed E-state index contributed by atoms with van der Waals surface area (Å²) in [5.41, 5.74) is 2.81. The van der Waals surface area contributed by atoms with Crippen LogP contribution >= 0.6 is 0 Å². The Balaban J connectivity index is 2.24. The Morgan fingerprint density at radius 1 is 1.42 bits per heavy atom. The van der Waals surface area contributed by atoms with Crippen molar-refractivity contribution in [3.05, 3.63) is 24.3 Å². The highest BCUT2D eigenvalue weighted by molar-refractivity contribution is 7.89. The molecule has 0 aliphatic carbocycles. The van der Waals surface area contributed by atoms with Gasteiger partial charge in [-0.05, 0) is 30.9 Å². The first kappa shape index (κ1) is 14.3. The molecule has 1 unspecified atom stereocenters. The van der Waals surface area contributed by atoms with E-state index in [1.807, 2.05) is 0 Å². The van der Waals surface area contributed by atoms with Crippen LogP contribution in [0.25, 0.3) is 0 Å². The molecule has 2 rings (SSSR count). The van der Waals surface area contributed by atoms with E-state index in [0.29, 0.717) is 25.2 Å². The Morgan fingerprint density at radius 3 is 2.84 bits per heavy atom. The van der Waals surface area contributed by atoms with Gasteiger partial charge in [-0.3, -0.25) is 5.84 Å². The number of anilines is 1. The lowest BCUT2D eigenvalue weighted by molar-refractivity contribution is 0.259. The van der Waals surface area contributed by atoms with Crippen molar-refractivity contribution in [3.8, 4) is 0 Å². The summed E-state index contributed by atoms with van der Waals surface area (Å²) in [6, 6.07) is 6.58. The minimum atomic E-state index is -3.52. The van der Waals surface area contributed by atoms with Crippen molar-refractivity contribution in [1.82, 2.24) is 4.31 Å². The van der Waals surface area contributed by atoms with E-state index in [2.05, 4.69) is 5.43 Å². The van der Waals surface area contributed by atoms with E-state index >= 15 is 0 Å². The van der Waals surface area contributed by atoms with E-state index in [1.165, 1.54) is 4.31 Å². The molecule has 0 aromatic heterocycles. The third kappa shape index (κ3) is 2.89. The third-order valence-electron chi connectivity index (χ3n) is 3.45. The van der Waals surface area contributed by atoms with Gasteiger partial charge in [0.05, 0.1) is 5.69 Å². The van der Waals surface area contributed by atoms with Crippen LogP contribution in [0.2, 0.25) is 0 Å². The van der Waals surface area contributed by atoms with Crippen LogP contribution in [-0.2, 0) is 10.0 Å². The molecular formula is C12H19N3O3S. The number of benzene rings is 1. The number of hydrogen-bond donors (Lipinski definition) is 3. The van der Waals surface area contributed by atoms with Crippen molar-refractivity contribution in [2.45, 2.75) is 17.7 Å². The molecule has 1 aromatic carbocycles. The Hall–Kier alpha value is -1.15. The molecule has 1 saturated heterocycles. The van der Waals surface area contributed by atoms with Crippen LogP contribution in [-0.4, -0.2) is 37.5 Å². The van der Waals surface area contributed by atoms with Crippen molar-refractivity contribution < 1.29 is 13.5 Å². The quantitative estimate of drug-likeness (QED) is 0.536. The van der Waals surface area contributed by atoms with Gasteiger partial charge in [-0.2, -0.15) is 4.31 Å². The molecule has 1 aliphatic heterocycles. The topological polar surface area (TPSA) is 95.7 Å². The second kappa shape index (κ2) is 5.87. The van der Waals surface area contributed by atoms with Crippen molar-refractivity contribution in [2.75, 3.05) is 25.1 Å². The van der Waals surface area contributed by atoms with Crippen LogP contribution in [0.4, 0.5) is 5.69 Å². The first-order valence-corrected chi connectivity index (χ1v) is 7.70. The van der Waals surface area contributed by atoms with E-state index in [1.54, 1.807) is 24.3 Å². The van der Waals surface area contributed by atoms with Gasteiger partial charge in [0.1, 0.15) is 4.90 Å². The molecule has 1 fully saturated rings. The predicted molar refractivity (Wildman–Crippen MR) is 72.8 cm³/mol. The molecule has 0 saturated carbocycles. The Morgan fingerprint density at radius 2 is 2.16 bits per heavy atom. The molecule has 1 aromatic rings. The lowest BCUT2D eigenvalue weighted by Crippen LogP contribution is -2.30. The maximum absolute atomic E-state index is 12.5. The summed E-state index contributed by atoms with van der Waals surface area (Å²) in [6.07, 6.45) is 1.43. The molecule has 7 heteroatoms. The summed E-state index contributed by atoms with van der Waals surface area (Å²) < 4.78 is 26.5. The number of nitrogens with one attached hydrogen (secondary N) is 1. The van der Waals surface area contributed by atoms with Gasteiger partial charge >= 0.3 is 0 Å². The molecule has 19 heavy (non-hydrogen) atoms. The minimum absolute atomic E-state index is 0.0967. The van der Waals surface area contributed by atoms with Gasteiger partial charge in [-0.15, -0.1) is 0 Å². The van der Waals surface area contributed by atoms with Crippen LogP contribution in [0.1, 0.15) is 12.8 Å². The van der Waals surface area contributed by atoms with Crippen LogP contribution < -0.4 is 11.3 Å². The van der Waals surface area contributed by atoms with E-state index in [-0.39, 0.29) is 17.4 Å². The summed E-state index contributed by atoms with van der Waals surface area (Å²) in [5.74, 6) is 5.59. The molecule has 0 spiro atoms. The number of nitrogen functional groups attached to an aromatic ring is 1. The number of aliphatic hydroxyl groups excluding tert-OH is 1. The van der Waals surface area contributed by atoms with Gasteiger partial charge in [0.25, 0.3) is 0 Å². The molecule has 106 valence electrons. The number of nitrogens with zero attached hydrogens (tertiary/aromatic N) is 1. The number of para-hydroxylation sites is 1. The van der Waals surface area contributed by atoms with Gasteiger partial charge in [0.2, 0.25) is 10.0 Å². The molecule has 4 N–H and O–H groups in total. The minimum Gasteiger partial charge on any atom is -0.396 e. The van der Waals surface area contributed by atoms with Crippen LogP contribution in [0.5, 0.6) is 0 Å². The molecule has 6 nitrogen and oxygen atoms in total. The van der Waals surface area contributed by atoms with Crippen molar-refractivity contribution in [3.63, 3.8) is 0 Å². The highest BCUT2D eigenvalue weighted by Crippen LogP contribution is 2.29. The van der Waals surface area contributed by atoms with E-state index < -0.39 is 10.0 Å². The second-order valence-electron chi connectivity index (χ2n) is 4.67. The zero-order chi connectivity index (χ0) is 13.9. The second-order valence-corrected chi connectivity index (χ2v) is 6.58. The molecule has 0 amide bonds. The van der Waals surface area contributed by atoms with Gasteiger partial charge in [-0.1, -0.05) is 12.1 Å². The van der Waals surface area contributed by atoms with Crippen LogP contribution in [0.3, 0.4) is 0 Å². The monoisotopic (exact) mass is 285 g/mol. The standard InChI is InChI=1S/C12H19N3O3S/c13-14-11-3-1-2-4-12(11)19(17,18)15-7-5-10(9-15)6-8-16/h1-4,10,14,16H,5-9,13H2. The molecule has 0 radical (unpaired) electrons. The number of hydrazine groups is 1. The average Bonchev–Trinajstić information content (AvgIpc) is 2.88. The molecule has 1 heterocycles. The number of hydrogen-bond acceptors (Lipinski definition) is 5. The predicted octanol–water partition coefficient (Wildman–Crippen LogP) is 0.365. The molecule has 0 bridgehead atoms. The summed E-state index contributed by atoms with van der Waals surface area (Å²) in [7, 11) is -3.52. The normalized spacial score (nSPS) is 20.6. The smallest absolute Gasteiger partial charge is 0.245 e. The Bertz CT molecular complexity index is 533. The molecule has 1 aliphatic rings. The van der Waals surface area contributed by atoms with Crippen LogP contribution in [0, 0.1) is 5.92 Å². The van der Waals surface area contributed by atoms with E-state index in [4.69, 9.17) is 10.9 Å². The highest BCUT2D eigenvalue weighted by atomic mass is 32.2.